The van der Waals surface area contributed by atoms with Crippen molar-refractivity contribution in [2.24, 2.45) is 0 Å². The molecule has 0 unspecified atom stereocenters. The Morgan fingerprint density at radius 1 is 1.23 bits per heavy atom. The number of hydrogen-bond acceptors (Lipinski definition) is 7. The zero-order valence-electron chi connectivity index (χ0n) is 16.6. The van der Waals surface area contributed by atoms with Crippen LogP contribution in [0.5, 0.6) is 5.75 Å². The number of aromatic nitrogens is 1. The predicted molar refractivity (Wildman–Crippen MR) is 114 cm³/mol. The molecule has 3 aromatic rings. The Labute approximate surface area is 176 Å². The number of hydrogen-bond donors (Lipinski definition) is 0. The van der Waals surface area contributed by atoms with Gasteiger partial charge in [0.05, 0.1) is 21.9 Å². The fourth-order valence-electron chi connectivity index (χ4n) is 2.78. The first-order valence-electron chi connectivity index (χ1n) is 8.99. The van der Waals surface area contributed by atoms with Gasteiger partial charge in [0.25, 0.3) is 5.69 Å². The van der Waals surface area contributed by atoms with Gasteiger partial charge in [-0.1, -0.05) is 6.07 Å². The highest BCUT2D eigenvalue weighted by Crippen LogP contribution is 2.31. The van der Waals surface area contributed by atoms with E-state index in [0.717, 1.165) is 22.9 Å². The van der Waals surface area contributed by atoms with Gasteiger partial charge < -0.3 is 4.74 Å². The van der Waals surface area contributed by atoms with E-state index in [-0.39, 0.29) is 29.5 Å². The lowest BCUT2D eigenvalue weighted by molar-refractivity contribution is -0.384. The summed E-state index contributed by atoms with van der Waals surface area (Å²) in [4.78, 5) is 39.8. The van der Waals surface area contributed by atoms with Crippen molar-refractivity contribution in [3.63, 3.8) is 0 Å². The molecule has 154 valence electrons. The molecule has 0 fully saturated rings. The molecule has 2 aromatic carbocycles. The monoisotopic (exact) mass is 425 g/mol. The van der Waals surface area contributed by atoms with Crippen LogP contribution in [0.15, 0.2) is 41.8 Å². The molecular weight excluding hydrogens is 406 g/mol. The van der Waals surface area contributed by atoms with Gasteiger partial charge in [0.2, 0.25) is 5.91 Å². The molecule has 3 rings (SSSR count). The Bertz CT molecular complexity index is 1130. The molecule has 1 aromatic heterocycles. The number of carbonyl (C=O) groups excluding carboxylic acids is 2. The number of aldehydes is 1. The number of nitro benzene ring substituents is 1. The van der Waals surface area contributed by atoms with Gasteiger partial charge in [0.15, 0.2) is 11.4 Å². The van der Waals surface area contributed by atoms with E-state index in [2.05, 4.69) is 4.98 Å². The lowest BCUT2D eigenvalue weighted by Gasteiger charge is -2.19. The number of amides is 1. The van der Waals surface area contributed by atoms with Gasteiger partial charge in [-0.2, -0.15) is 0 Å². The van der Waals surface area contributed by atoms with Gasteiger partial charge in [0.1, 0.15) is 12.4 Å². The fourth-order valence-corrected chi connectivity index (χ4v) is 3.65. The number of anilines is 2. The number of nitro groups is 1. The molecule has 0 aliphatic rings. The smallest absolute Gasteiger partial charge is 0.270 e. The minimum absolute atomic E-state index is 0.0494. The maximum Gasteiger partial charge on any atom is 0.270 e. The number of non-ortho nitro benzene ring substituents is 1. The number of rotatable bonds is 7. The van der Waals surface area contributed by atoms with Gasteiger partial charge in [0, 0.05) is 24.4 Å². The first kappa shape index (κ1) is 21.1. The summed E-state index contributed by atoms with van der Waals surface area (Å²) in [6.07, 6.45) is 0.506. The van der Waals surface area contributed by atoms with Gasteiger partial charge in [-0.05, 0) is 43.2 Å². The van der Waals surface area contributed by atoms with Crippen LogP contribution in [0.25, 0.3) is 0 Å². The van der Waals surface area contributed by atoms with E-state index in [4.69, 9.17) is 4.74 Å². The molecule has 0 aliphatic heterocycles. The summed E-state index contributed by atoms with van der Waals surface area (Å²) in [5, 5.41) is 13.1. The van der Waals surface area contributed by atoms with Crippen molar-refractivity contribution in [1.82, 2.24) is 4.98 Å². The van der Waals surface area contributed by atoms with Crippen LogP contribution in [-0.4, -0.2) is 22.1 Å². The third-order valence-electron chi connectivity index (χ3n) is 4.50. The normalized spacial score (nSPS) is 10.5. The molecule has 30 heavy (non-hydrogen) atoms. The molecule has 0 saturated heterocycles. The van der Waals surface area contributed by atoms with Crippen LogP contribution in [0.2, 0.25) is 0 Å². The van der Waals surface area contributed by atoms with E-state index < -0.39 is 4.92 Å². The van der Waals surface area contributed by atoms with Crippen LogP contribution in [-0.2, 0) is 11.4 Å². The summed E-state index contributed by atoms with van der Waals surface area (Å²) < 4.78 is 5.63. The van der Waals surface area contributed by atoms with Crippen molar-refractivity contribution < 1.29 is 19.2 Å². The Morgan fingerprint density at radius 2 is 2.00 bits per heavy atom. The summed E-state index contributed by atoms with van der Waals surface area (Å²) >= 11 is 1.30. The summed E-state index contributed by atoms with van der Waals surface area (Å²) in [5.41, 5.74) is 3.39. The van der Waals surface area contributed by atoms with Crippen molar-refractivity contribution in [3.05, 3.63) is 74.3 Å². The van der Waals surface area contributed by atoms with Crippen molar-refractivity contribution >= 4 is 40.0 Å². The van der Waals surface area contributed by atoms with E-state index in [0.29, 0.717) is 17.1 Å². The maximum absolute atomic E-state index is 12.3. The fraction of sp³-hybridized carbons (Fsp3) is 0.190. The molecule has 0 atom stereocenters. The van der Waals surface area contributed by atoms with E-state index in [1.165, 1.54) is 35.3 Å². The largest absolute Gasteiger partial charge is 0.487 e. The maximum atomic E-state index is 12.3. The van der Waals surface area contributed by atoms with Gasteiger partial charge in [-0.3, -0.25) is 24.6 Å². The molecule has 1 heterocycles. The first-order chi connectivity index (χ1) is 14.3. The second-order valence-electron chi connectivity index (χ2n) is 6.63. The van der Waals surface area contributed by atoms with Crippen LogP contribution >= 0.6 is 11.3 Å². The van der Waals surface area contributed by atoms with Crippen molar-refractivity contribution in [1.29, 1.82) is 0 Å². The van der Waals surface area contributed by atoms with Crippen LogP contribution in [0, 0.1) is 24.0 Å². The minimum atomic E-state index is -0.577. The van der Waals surface area contributed by atoms with Crippen molar-refractivity contribution in [3.8, 4) is 5.75 Å². The average molecular weight is 425 g/mol. The molecule has 0 bridgehead atoms. The standard InChI is InChI=1S/C21H19N3O5S/c1-13-4-5-18(8-14(13)2)23(15(3)26)21-22-17(12-30-21)11-29-20-7-6-19(24(27)28)9-16(20)10-25/h4-10,12H,11H2,1-3H3. The quantitative estimate of drug-likeness (QED) is 0.308. The zero-order valence-corrected chi connectivity index (χ0v) is 17.4. The van der Waals surface area contributed by atoms with Crippen LogP contribution in [0.4, 0.5) is 16.5 Å². The van der Waals surface area contributed by atoms with Crippen LogP contribution < -0.4 is 9.64 Å². The highest BCUT2D eigenvalue weighted by molar-refractivity contribution is 7.14. The summed E-state index contributed by atoms with van der Waals surface area (Å²) in [6.45, 7) is 5.50. The number of carbonyl (C=O) groups is 2. The Hall–Kier alpha value is -3.59. The zero-order chi connectivity index (χ0) is 21.8. The highest BCUT2D eigenvalue weighted by atomic mass is 32.1. The lowest BCUT2D eigenvalue weighted by Crippen LogP contribution is -2.22. The Kier molecular flexibility index (Phi) is 6.22. The lowest BCUT2D eigenvalue weighted by atomic mass is 10.1. The third-order valence-corrected chi connectivity index (χ3v) is 5.38. The highest BCUT2D eigenvalue weighted by Gasteiger charge is 2.19. The second kappa shape index (κ2) is 8.83. The number of thiazole rings is 1. The first-order valence-corrected chi connectivity index (χ1v) is 9.87. The molecule has 0 radical (unpaired) electrons. The Morgan fingerprint density at radius 3 is 2.63 bits per heavy atom. The summed E-state index contributed by atoms with van der Waals surface area (Å²) in [6, 6.07) is 9.56. The number of benzene rings is 2. The van der Waals surface area contributed by atoms with Crippen molar-refractivity contribution in [2.75, 3.05) is 4.90 Å². The summed E-state index contributed by atoms with van der Waals surface area (Å²) in [5.74, 6) is 0.0569. The van der Waals surface area contributed by atoms with E-state index >= 15 is 0 Å². The number of aryl methyl sites for hydroxylation is 2. The molecule has 0 spiro atoms. The van der Waals surface area contributed by atoms with E-state index in [9.17, 15) is 19.7 Å². The van der Waals surface area contributed by atoms with Gasteiger partial charge in [-0.25, -0.2) is 4.98 Å². The molecule has 0 aliphatic carbocycles. The van der Waals surface area contributed by atoms with Crippen LogP contribution in [0.1, 0.15) is 34.1 Å². The van der Waals surface area contributed by atoms with Gasteiger partial charge in [-0.15, -0.1) is 11.3 Å². The summed E-state index contributed by atoms with van der Waals surface area (Å²) in [7, 11) is 0. The second-order valence-corrected chi connectivity index (χ2v) is 7.47. The molecule has 0 saturated carbocycles. The van der Waals surface area contributed by atoms with E-state index in [1.807, 2.05) is 32.0 Å². The molecule has 9 heteroatoms. The minimum Gasteiger partial charge on any atom is -0.487 e. The molecular formula is C21H19N3O5S. The van der Waals surface area contributed by atoms with E-state index in [1.54, 1.807) is 5.38 Å². The Balaban J connectivity index is 1.80. The average Bonchev–Trinajstić information content (AvgIpc) is 3.17. The number of ether oxygens (including phenoxy) is 1. The topological polar surface area (TPSA) is 103 Å². The van der Waals surface area contributed by atoms with Gasteiger partial charge >= 0.3 is 0 Å². The molecule has 1 amide bonds. The predicted octanol–water partition coefficient (Wildman–Crippen LogP) is 4.74. The SMILES string of the molecule is CC(=O)N(c1ccc(C)c(C)c1)c1nc(COc2ccc([N+](=O)[O-])cc2C=O)cs1. The van der Waals surface area contributed by atoms with Crippen molar-refractivity contribution in [2.45, 2.75) is 27.4 Å². The number of nitrogens with zero attached hydrogens (tertiary/aromatic N) is 3. The third kappa shape index (κ3) is 4.52. The molecule has 0 N–H and O–H groups in total. The van der Waals surface area contributed by atoms with Crippen LogP contribution in [0.3, 0.4) is 0 Å². The molecule has 8 nitrogen and oxygen atoms in total.